The highest BCUT2D eigenvalue weighted by molar-refractivity contribution is 5.77. The van der Waals surface area contributed by atoms with Crippen LogP contribution in [-0.2, 0) is 9.53 Å². The van der Waals surface area contributed by atoms with Gasteiger partial charge in [0.05, 0.1) is 13.7 Å². The van der Waals surface area contributed by atoms with Crippen LogP contribution in [0.3, 0.4) is 0 Å². The average molecular weight is 244 g/mol. The molecule has 6 heteroatoms. The Kier molecular flexibility index (Phi) is 4.28. The number of carbonyl (C=O) groups is 1. The van der Waals surface area contributed by atoms with Gasteiger partial charge in [-0.15, -0.1) is 0 Å². The summed E-state index contributed by atoms with van der Waals surface area (Å²) in [6.07, 6.45) is -1.75. The lowest BCUT2D eigenvalue weighted by atomic mass is 10.1. The van der Waals surface area contributed by atoms with E-state index in [1.54, 1.807) is 6.92 Å². The largest absolute Gasteiger partial charge is 0.504 e. The van der Waals surface area contributed by atoms with Crippen molar-refractivity contribution < 1.29 is 28.9 Å². The molecule has 1 aromatic rings. The number of benzene rings is 1. The van der Waals surface area contributed by atoms with Gasteiger partial charge in [0.1, 0.15) is 5.82 Å². The van der Waals surface area contributed by atoms with E-state index in [1.165, 1.54) is 7.11 Å². The highest BCUT2D eigenvalue weighted by Gasteiger charge is 2.24. The number of esters is 1. The Balaban J connectivity index is 3.12. The van der Waals surface area contributed by atoms with Gasteiger partial charge in [0.25, 0.3) is 0 Å². The number of aromatic hydroxyl groups is 1. The zero-order chi connectivity index (χ0) is 13.0. The average Bonchev–Trinajstić information content (AvgIpc) is 2.31. The summed E-state index contributed by atoms with van der Waals surface area (Å²) in [5, 5.41) is 19.2. The lowest BCUT2D eigenvalue weighted by Crippen LogP contribution is -2.15. The molecule has 1 atom stereocenters. The number of hydrogen-bond acceptors (Lipinski definition) is 5. The molecule has 0 saturated heterocycles. The number of aliphatic hydroxyl groups is 1. The van der Waals surface area contributed by atoms with Crippen molar-refractivity contribution in [3.8, 4) is 11.5 Å². The van der Waals surface area contributed by atoms with E-state index in [2.05, 4.69) is 4.74 Å². The van der Waals surface area contributed by atoms with Crippen LogP contribution in [-0.4, -0.2) is 29.9 Å². The molecule has 0 saturated carbocycles. The summed E-state index contributed by atoms with van der Waals surface area (Å²) in [7, 11) is 1.23. The third kappa shape index (κ3) is 2.85. The smallest absolute Gasteiger partial charge is 0.339 e. The molecule has 1 rings (SSSR count). The van der Waals surface area contributed by atoms with Crippen LogP contribution < -0.4 is 4.74 Å². The Morgan fingerprint density at radius 3 is 2.71 bits per heavy atom. The SMILES string of the molecule is CCOC(=O)C(O)c1cc(F)cc(OC)c1O. The van der Waals surface area contributed by atoms with Gasteiger partial charge >= 0.3 is 5.97 Å². The monoisotopic (exact) mass is 244 g/mol. The summed E-state index contributed by atoms with van der Waals surface area (Å²) in [6.45, 7) is 1.64. The van der Waals surface area contributed by atoms with Gasteiger partial charge in [0.15, 0.2) is 17.6 Å². The molecule has 1 unspecified atom stereocenters. The minimum absolute atomic E-state index is 0.0725. The van der Waals surface area contributed by atoms with Crippen LogP contribution in [0.2, 0.25) is 0 Å². The van der Waals surface area contributed by atoms with E-state index in [0.717, 1.165) is 12.1 Å². The van der Waals surface area contributed by atoms with Crippen LogP contribution >= 0.6 is 0 Å². The topological polar surface area (TPSA) is 76.0 Å². The first-order valence-electron chi connectivity index (χ1n) is 4.92. The molecule has 0 spiro atoms. The van der Waals surface area contributed by atoms with E-state index < -0.39 is 23.6 Å². The molecule has 0 heterocycles. The molecule has 0 fully saturated rings. The third-order valence-electron chi connectivity index (χ3n) is 2.09. The maximum atomic E-state index is 13.1. The molecule has 0 amide bonds. The van der Waals surface area contributed by atoms with Crippen molar-refractivity contribution in [3.63, 3.8) is 0 Å². The second kappa shape index (κ2) is 5.49. The van der Waals surface area contributed by atoms with E-state index >= 15 is 0 Å². The number of phenols is 1. The van der Waals surface area contributed by atoms with Gasteiger partial charge in [-0.05, 0) is 13.0 Å². The minimum atomic E-state index is -1.75. The van der Waals surface area contributed by atoms with E-state index in [-0.39, 0.29) is 17.9 Å². The van der Waals surface area contributed by atoms with Crippen molar-refractivity contribution in [2.24, 2.45) is 0 Å². The van der Waals surface area contributed by atoms with Crippen molar-refractivity contribution in [2.45, 2.75) is 13.0 Å². The van der Waals surface area contributed by atoms with Crippen LogP contribution in [0, 0.1) is 5.82 Å². The van der Waals surface area contributed by atoms with Crippen molar-refractivity contribution in [3.05, 3.63) is 23.5 Å². The third-order valence-corrected chi connectivity index (χ3v) is 2.09. The summed E-state index contributed by atoms with van der Waals surface area (Å²) in [4.78, 5) is 11.3. The van der Waals surface area contributed by atoms with Gasteiger partial charge in [-0.1, -0.05) is 0 Å². The fraction of sp³-hybridized carbons (Fsp3) is 0.364. The van der Waals surface area contributed by atoms with Gasteiger partial charge in [-0.3, -0.25) is 0 Å². The zero-order valence-corrected chi connectivity index (χ0v) is 9.44. The standard InChI is InChI=1S/C11H13FO5/c1-3-17-11(15)10(14)7-4-6(12)5-8(16-2)9(7)13/h4-5,10,13-14H,3H2,1-2H3. The van der Waals surface area contributed by atoms with Crippen molar-refractivity contribution in [2.75, 3.05) is 13.7 Å². The van der Waals surface area contributed by atoms with Crippen molar-refractivity contribution in [1.82, 2.24) is 0 Å². The molecule has 0 aliphatic rings. The normalized spacial score (nSPS) is 12.0. The molecule has 0 bridgehead atoms. The zero-order valence-electron chi connectivity index (χ0n) is 9.44. The van der Waals surface area contributed by atoms with Crippen LogP contribution in [0.4, 0.5) is 4.39 Å². The summed E-state index contributed by atoms with van der Waals surface area (Å²) < 4.78 is 22.4. The molecule has 0 aromatic heterocycles. The fourth-order valence-electron chi connectivity index (χ4n) is 1.31. The fourth-order valence-corrected chi connectivity index (χ4v) is 1.31. The quantitative estimate of drug-likeness (QED) is 0.777. The summed E-state index contributed by atoms with van der Waals surface area (Å²) in [5.74, 6) is -2.36. The van der Waals surface area contributed by atoms with E-state index in [1.807, 2.05) is 0 Å². The molecule has 2 N–H and O–H groups in total. The Bertz CT molecular complexity index is 419. The van der Waals surface area contributed by atoms with Crippen LogP contribution in [0.15, 0.2) is 12.1 Å². The van der Waals surface area contributed by atoms with Gasteiger partial charge < -0.3 is 19.7 Å². The second-order valence-electron chi connectivity index (χ2n) is 3.20. The highest BCUT2D eigenvalue weighted by atomic mass is 19.1. The first-order valence-corrected chi connectivity index (χ1v) is 4.92. The molecule has 5 nitrogen and oxygen atoms in total. The first-order chi connectivity index (χ1) is 8.01. The Morgan fingerprint density at radius 2 is 2.18 bits per heavy atom. The molecule has 1 aromatic carbocycles. The number of aliphatic hydroxyl groups excluding tert-OH is 1. The van der Waals surface area contributed by atoms with Crippen LogP contribution in [0.5, 0.6) is 11.5 Å². The van der Waals surface area contributed by atoms with E-state index in [4.69, 9.17) is 4.74 Å². The minimum Gasteiger partial charge on any atom is -0.504 e. The van der Waals surface area contributed by atoms with Gasteiger partial charge in [-0.25, -0.2) is 9.18 Å². The summed E-state index contributed by atoms with van der Waals surface area (Å²) in [5.41, 5.74) is -0.291. The van der Waals surface area contributed by atoms with Gasteiger partial charge in [-0.2, -0.15) is 0 Å². The summed E-state index contributed by atoms with van der Waals surface area (Å²) >= 11 is 0. The van der Waals surface area contributed by atoms with Crippen molar-refractivity contribution >= 4 is 5.97 Å². The summed E-state index contributed by atoms with van der Waals surface area (Å²) in [6, 6.07) is 1.79. The lowest BCUT2D eigenvalue weighted by molar-refractivity contribution is -0.153. The maximum absolute atomic E-state index is 13.1. The van der Waals surface area contributed by atoms with Gasteiger partial charge in [0.2, 0.25) is 0 Å². The predicted octanol–water partition coefficient (Wildman–Crippen LogP) is 1.14. The molecule has 0 radical (unpaired) electrons. The first kappa shape index (κ1) is 13.2. The Morgan fingerprint density at radius 1 is 1.53 bits per heavy atom. The number of rotatable bonds is 4. The highest BCUT2D eigenvalue weighted by Crippen LogP contribution is 2.35. The lowest BCUT2D eigenvalue weighted by Gasteiger charge is -2.13. The molecule has 0 aliphatic carbocycles. The molecule has 17 heavy (non-hydrogen) atoms. The van der Waals surface area contributed by atoms with Crippen LogP contribution in [0.25, 0.3) is 0 Å². The maximum Gasteiger partial charge on any atom is 0.339 e. The number of methoxy groups -OCH3 is 1. The predicted molar refractivity (Wildman–Crippen MR) is 56.2 cm³/mol. The molecule has 0 aliphatic heterocycles. The number of halogens is 1. The van der Waals surface area contributed by atoms with E-state index in [9.17, 15) is 19.4 Å². The van der Waals surface area contributed by atoms with E-state index in [0.29, 0.717) is 0 Å². The number of phenolic OH excluding ortho intramolecular Hbond substituents is 1. The molecular weight excluding hydrogens is 231 g/mol. The van der Waals surface area contributed by atoms with Gasteiger partial charge in [0, 0.05) is 11.6 Å². The molecular formula is C11H13FO5. The number of hydrogen-bond donors (Lipinski definition) is 2. The Hall–Kier alpha value is -1.82. The Labute approximate surface area is 97.4 Å². The number of ether oxygens (including phenoxy) is 2. The second-order valence-corrected chi connectivity index (χ2v) is 3.20. The number of carbonyl (C=O) groups excluding carboxylic acids is 1. The van der Waals surface area contributed by atoms with Crippen molar-refractivity contribution in [1.29, 1.82) is 0 Å². The van der Waals surface area contributed by atoms with Crippen LogP contribution in [0.1, 0.15) is 18.6 Å². The molecule has 94 valence electrons.